The largest absolute Gasteiger partial charge is 0.306 e. The van der Waals surface area contributed by atoms with Crippen LogP contribution in [0.15, 0.2) is 36.4 Å². The lowest BCUT2D eigenvalue weighted by molar-refractivity contribution is 0.603. The molecular formula is C17H19ClFN. The van der Waals surface area contributed by atoms with Crippen LogP contribution in [0.3, 0.4) is 0 Å². The summed E-state index contributed by atoms with van der Waals surface area (Å²) in [6.45, 7) is 6.94. The average molecular weight is 292 g/mol. The third-order valence-electron chi connectivity index (χ3n) is 3.28. The number of aryl methyl sites for hydroxylation is 2. The fourth-order valence-electron chi connectivity index (χ4n) is 2.53. The van der Waals surface area contributed by atoms with Crippen LogP contribution in [0, 0.1) is 19.7 Å². The molecule has 0 aromatic heterocycles. The molecule has 0 saturated heterocycles. The molecule has 106 valence electrons. The molecule has 0 saturated carbocycles. The number of benzene rings is 2. The van der Waals surface area contributed by atoms with Crippen molar-refractivity contribution in [3.8, 4) is 0 Å². The van der Waals surface area contributed by atoms with Crippen molar-refractivity contribution in [3.63, 3.8) is 0 Å². The van der Waals surface area contributed by atoms with Gasteiger partial charge < -0.3 is 5.32 Å². The lowest BCUT2D eigenvalue weighted by Crippen LogP contribution is -2.22. The zero-order chi connectivity index (χ0) is 14.7. The minimum Gasteiger partial charge on any atom is -0.306 e. The maximum absolute atomic E-state index is 13.7. The van der Waals surface area contributed by atoms with Crippen LogP contribution in [-0.2, 0) is 0 Å². The number of nitrogens with one attached hydrogen (secondary N) is 1. The van der Waals surface area contributed by atoms with Gasteiger partial charge in [0.05, 0.1) is 11.1 Å². The molecule has 3 heteroatoms. The highest BCUT2D eigenvalue weighted by molar-refractivity contribution is 6.31. The van der Waals surface area contributed by atoms with Gasteiger partial charge >= 0.3 is 0 Å². The monoisotopic (exact) mass is 291 g/mol. The Hall–Kier alpha value is -1.38. The van der Waals surface area contributed by atoms with Gasteiger partial charge in [-0.2, -0.15) is 0 Å². The Labute approximate surface area is 124 Å². The third kappa shape index (κ3) is 3.20. The molecule has 0 radical (unpaired) electrons. The van der Waals surface area contributed by atoms with E-state index in [1.165, 1.54) is 17.2 Å². The first kappa shape index (κ1) is 15.0. The van der Waals surface area contributed by atoms with Crippen LogP contribution in [0.5, 0.6) is 0 Å². The van der Waals surface area contributed by atoms with Gasteiger partial charge in [-0.3, -0.25) is 0 Å². The van der Waals surface area contributed by atoms with Crippen molar-refractivity contribution in [1.29, 1.82) is 0 Å². The first-order chi connectivity index (χ1) is 9.52. The maximum Gasteiger partial charge on any atom is 0.142 e. The summed E-state index contributed by atoms with van der Waals surface area (Å²) in [6.07, 6.45) is 0. The molecule has 0 heterocycles. The van der Waals surface area contributed by atoms with Gasteiger partial charge in [0.15, 0.2) is 0 Å². The molecule has 0 spiro atoms. The normalized spacial score (nSPS) is 12.4. The summed E-state index contributed by atoms with van der Waals surface area (Å²) in [5.74, 6) is -0.378. The van der Waals surface area contributed by atoms with Crippen molar-refractivity contribution in [2.24, 2.45) is 0 Å². The maximum atomic E-state index is 13.7. The first-order valence-electron chi connectivity index (χ1n) is 6.78. The molecule has 2 aromatic carbocycles. The molecule has 2 aromatic rings. The van der Waals surface area contributed by atoms with Gasteiger partial charge in [-0.1, -0.05) is 60.0 Å². The summed E-state index contributed by atoms with van der Waals surface area (Å²) in [7, 11) is 0. The highest BCUT2D eigenvalue weighted by Gasteiger charge is 2.18. The average Bonchev–Trinajstić information content (AvgIpc) is 2.38. The number of hydrogen-bond acceptors (Lipinski definition) is 1. The van der Waals surface area contributed by atoms with Gasteiger partial charge in [-0.25, -0.2) is 4.39 Å². The molecule has 1 N–H and O–H groups in total. The molecule has 0 amide bonds. The van der Waals surface area contributed by atoms with Crippen LogP contribution in [0.4, 0.5) is 4.39 Å². The lowest BCUT2D eigenvalue weighted by Gasteiger charge is -2.21. The van der Waals surface area contributed by atoms with Gasteiger partial charge in [-0.15, -0.1) is 0 Å². The molecule has 0 aliphatic heterocycles. The molecule has 2 rings (SSSR count). The Kier molecular flexibility index (Phi) is 4.79. The van der Waals surface area contributed by atoms with Crippen LogP contribution in [0.25, 0.3) is 0 Å². The topological polar surface area (TPSA) is 12.0 Å². The predicted molar refractivity (Wildman–Crippen MR) is 82.8 cm³/mol. The van der Waals surface area contributed by atoms with Gasteiger partial charge in [0.25, 0.3) is 0 Å². The van der Waals surface area contributed by atoms with E-state index in [2.05, 4.69) is 37.4 Å². The second-order valence-corrected chi connectivity index (χ2v) is 5.43. The second-order valence-electron chi connectivity index (χ2n) is 5.05. The summed E-state index contributed by atoms with van der Waals surface area (Å²) in [5, 5.41) is 3.58. The van der Waals surface area contributed by atoms with Crippen molar-refractivity contribution < 1.29 is 4.39 Å². The predicted octanol–water partition coefficient (Wildman–Crippen LogP) is 4.79. The van der Waals surface area contributed by atoms with Crippen molar-refractivity contribution in [1.82, 2.24) is 5.32 Å². The summed E-state index contributed by atoms with van der Waals surface area (Å²) in [4.78, 5) is 0. The smallest absolute Gasteiger partial charge is 0.142 e. The van der Waals surface area contributed by atoms with E-state index >= 15 is 0 Å². The zero-order valence-electron chi connectivity index (χ0n) is 12.0. The third-order valence-corrected chi connectivity index (χ3v) is 3.68. The molecule has 0 fully saturated rings. The van der Waals surface area contributed by atoms with Gasteiger partial charge in [0.2, 0.25) is 0 Å². The first-order valence-corrected chi connectivity index (χ1v) is 7.16. The van der Waals surface area contributed by atoms with Crippen molar-refractivity contribution in [2.75, 3.05) is 6.54 Å². The van der Waals surface area contributed by atoms with Crippen LogP contribution in [0.2, 0.25) is 5.02 Å². The van der Waals surface area contributed by atoms with Crippen molar-refractivity contribution in [2.45, 2.75) is 26.8 Å². The lowest BCUT2D eigenvalue weighted by atomic mass is 9.95. The molecule has 20 heavy (non-hydrogen) atoms. The second kappa shape index (κ2) is 6.38. The van der Waals surface area contributed by atoms with Crippen molar-refractivity contribution in [3.05, 3.63) is 69.5 Å². The highest BCUT2D eigenvalue weighted by atomic mass is 35.5. The quantitative estimate of drug-likeness (QED) is 0.853. The number of hydrogen-bond donors (Lipinski definition) is 1. The van der Waals surface area contributed by atoms with Crippen LogP contribution >= 0.6 is 11.6 Å². The van der Waals surface area contributed by atoms with Gasteiger partial charge in [-0.05, 0) is 37.6 Å². The summed E-state index contributed by atoms with van der Waals surface area (Å²) >= 11 is 6.14. The van der Waals surface area contributed by atoms with Gasteiger partial charge in [0.1, 0.15) is 5.82 Å². The standard InChI is InChI=1S/C17H19ClFN/c1-4-20-17(13-9-11(2)8-12(3)10-13)14-6-5-7-15(19)16(14)18/h5-10,17,20H,4H2,1-3H3. The Balaban J connectivity index is 2.53. The highest BCUT2D eigenvalue weighted by Crippen LogP contribution is 2.31. The van der Waals surface area contributed by atoms with E-state index in [-0.39, 0.29) is 16.9 Å². The van der Waals surface area contributed by atoms with Gasteiger partial charge in [0, 0.05) is 0 Å². The van der Waals surface area contributed by atoms with E-state index in [9.17, 15) is 4.39 Å². The van der Waals surface area contributed by atoms with Crippen LogP contribution in [-0.4, -0.2) is 6.54 Å². The molecule has 1 atom stereocenters. The van der Waals surface area contributed by atoms with E-state index in [1.807, 2.05) is 13.0 Å². The van der Waals surface area contributed by atoms with Crippen molar-refractivity contribution >= 4 is 11.6 Å². The summed E-state index contributed by atoms with van der Waals surface area (Å²) in [6, 6.07) is 11.2. The fraction of sp³-hybridized carbons (Fsp3) is 0.294. The van der Waals surface area contributed by atoms with E-state index in [0.29, 0.717) is 0 Å². The number of halogens is 2. The van der Waals surface area contributed by atoms with E-state index < -0.39 is 0 Å². The SMILES string of the molecule is CCNC(c1cc(C)cc(C)c1)c1cccc(F)c1Cl. The molecule has 0 aliphatic rings. The zero-order valence-corrected chi connectivity index (χ0v) is 12.8. The fourth-order valence-corrected chi connectivity index (χ4v) is 2.77. The minimum absolute atomic E-state index is 0.0956. The van der Waals surface area contributed by atoms with Crippen LogP contribution in [0.1, 0.15) is 35.2 Å². The molecule has 0 aliphatic carbocycles. The molecule has 0 bridgehead atoms. The minimum atomic E-state index is -0.378. The molecule has 1 unspecified atom stereocenters. The molecular weight excluding hydrogens is 273 g/mol. The van der Waals surface area contributed by atoms with Crippen LogP contribution < -0.4 is 5.32 Å². The summed E-state index contributed by atoms with van der Waals surface area (Å²) < 4.78 is 13.7. The summed E-state index contributed by atoms with van der Waals surface area (Å²) in [5.41, 5.74) is 4.27. The molecule has 1 nitrogen and oxygen atoms in total. The van der Waals surface area contributed by atoms with E-state index in [1.54, 1.807) is 6.07 Å². The Morgan fingerprint density at radius 1 is 1.15 bits per heavy atom. The van der Waals surface area contributed by atoms with E-state index in [0.717, 1.165) is 17.7 Å². The Bertz CT molecular complexity index is 590. The Morgan fingerprint density at radius 2 is 1.80 bits per heavy atom. The number of rotatable bonds is 4. The Morgan fingerprint density at radius 3 is 2.40 bits per heavy atom. The van der Waals surface area contributed by atoms with E-state index in [4.69, 9.17) is 11.6 Å².